The van der Waals surface area contributed by atoms with E-state index in [1.165, 1.54) is 5.56 Å². The molecular weight excluding hydrogens is 244 g/mol. The van der Waals surface area contributed by atoms with Crippen molar-refractivity contribution in [2.45, 2.75) is 13.0 Å². The molecule has 1 aromatic carbocycles. The Balaban J connectivity index is 2.13. The summed E-state index contributed by atoms with van der Waals surface area (Å²) in [5, 5.41) is 11.1. The van der Waals surface area contributed by atoms with Gasteiger partial charge in [0.25, 0.3) is 5.69 Å². The molecule has 0 unspecified atom stereocenters. The maximum absolute atomic E-state index is 11.1. The van der Waals surface area contributed by atoms with Crippen LogP contribution in [-0.4, -0.2) is 36.6 Å². The van der Waals surface area contributed by atoms with Gasteiger partial charge in [0.2, 0.25) is 0 Å². The van der Waals surface area contributed by atoms with Crippen LogP contribution < -0.4 is 0 Å². The molecule has 0 spiro atoms. The third kappa shape index (κ3) is 2.27. The molecular formula is C14H16N2O3. The molecule has 19 heavy (non-hydrogen) atoms. The smallest absolute Gasteiger partial charge is 0.270 e. The van der Waals surface area contributed by atoms with Gasteiger partial charge in [-0.15, -0.1) is 0 Å². The minimum absolute atomic E-state index is 0.178. The van der Waals surface area contributed by atoms with E-state index < -0.39 is 0 Å². The van der Waals surface area contributed by atoms with Crippen molar-refractivity contribution in [3.8, 4) is 0 Å². The van der Waals surface area contributed by atoms with Crippen LogP contribution in [0.3, 0.4) is 0 Å². The van der Waals surface area contributed by atoms with E-state index in [9.17, 15) is 10.1 Å². The highest BCUT2D eigenvalue weighted by molar-refractivity contribution is 5.73. The summed E-state index contributed by atoms with van der Waals surface area (Å²) < 4.78 is 5.35. The molecule has 0 aromatic heterocycles. The normalized spacial score (nSPS) is 19.1. The number of non-ortho nitro benzene ring substituents is 1. The molecule has 5 nitrogen and oxygen atoms in total. The predicted octanol–water partition coefficient (Wildman–Crippen LogP) is 2.00. The molecule has 0 bridgehead atoms. The number of nitrogens with zero attached hydrogens (tertiary/aromatic N) is 2. The summed E-state index contributed by atoms with van der Waals surface area (Å²) in [6.45, 7) is 2.93. The lowest BCUT2D eigenvalue weighted by Crippen LogP contribution is -2.27. The summed E-state index contributed by atoms with van der Waals surface area (Å²) in [7, 11) is 2.04. The number of rotatable bonds is 2. The summed E-state index contributed by atoms with van der Waals surface area (Å²) in [6.07, 6.45) is 2.97. The van der Waals surface area contributed by atoms with E-state index in [1.807, 2.05) is 13.1 Å². The van der Waals surface area contributed by atoms with Gasteiger partial charge in [-0.1, -0.05) is 6.08 Å². The van der Waals surface area contributed by atoms with Crippen LogP contribution in [0.4, 0.5) is 5.69 Å². The summed E-state index contributed by atoms with van der Waals surface area (Å²) in [5.41, 5.74) is 4.60. The Labute approximate surface area is 111 Å². The van der Waals surface area contributed by atoms with Crippen molar-refractivity contribution in [3.05, 3.63) is 45.0 Å². The van der Waals surface area contributed by atoms with Crippen molar-refractivity contribution in [1.82, 2.24) is 4.90 Å². The average molecular weight is 260 g/mol. The Kier molecular flexibility index (Phi) is 3.08. The molecule has 0 N–H and O–H groups in total. The first-order chi connectivity index (χ1) is 9.15. The number of ether oxygens (including phenoxy) is 1. The first-order valence-corrected chi connectivity index (χ1v) is 6.41. The van der Waals surface area contributed by atoms with Crippen LogP contribution >= 0.6 is 0 Å². The van der Waals surface area contributed by atoms with Crippen LogP contribution in [0.2, 0.25) is 0 Å². The van der Waals surface area contributed by atoms with Crippen LogP contribution in [0.5, 0.6) is 0 Å². The van der Waals surface area contributed by atoms with Crippen molar-refractivity contribution < 1.29 is 9.66 Å². The summed E-state index contributed by atoms with van der Waals surface area (Å²) in [4.78, 5) is 13.0. The third-order valence-electron chi connectivity index (χ3n) is 3.77. The van der Waals surface area contributed by atoms with E-state index in [0.717, 1.165) is 36.2 Å². The predicted molar refractivity (Wildman–Crippen MR) is 71.9 cm³/mol. The van der Waals surface area contributed by atoms with Crippen LogP contribution in [0.25, 0.3) is 5.57 Å². The van der Waals surface area contributed by atoms with E-state index in [-0.39, 0.29) is 10.6 Å². The lowest BCUT2D eigenvalue weighted by molar-refractivity contribution is -0.385. The van der Waals surface area contributed by atoms with E-state index >= 15 is 0 Å². The molecule has 1 aromatic rings. The Hall–Kier alpha value is -1.72. The Morgan fingerprint density at radius 3 is 2.95 bits per heavy atom. The summed E-state index contributed by atoms with van der Waals surface area (Å²) >= 11 is 0. The quantitative estimate of drug-likeness (QED) is 0.603. The third-order valence-corrected chi connectivity index (χ3v) is 3.77. The Bertz CT molecular complexity index is 566. The van der Waals surface area contributed by atoms with Crippen LogP contribution in [-0.2, 0) is 17.7 Å². The second-order valence-corrected chi connectivity index (χ2v) is 5.12. The standard InChI is InChI=1S/C14H16N2O3/c1-15-4-2-13-11(8-15)6-12(16(17)18)7-14(13)10-3-5-19-9-10/h3,6-7H,2,4-5,8-9H2,1H3. The number of fused-ring (bicyclic) bond motifs is 1. The molecule has 0 saturated carbocycles. The van der Waals surface area contributed by atoms with E-state index in [2.05, 4.69) is 4.90 Å². The Morgan fingerprint density at radius 2 is 2.26 bits per heavy atom. The highest BCUT2D eigenvalue weighted by atomic mass is 16.6. The van der Waals surface area contributed by atoms with Gasteiger partial charge in [0, 0.05) is 25.2 Å². The summed E-state index contributed by atoms with van der Waals surface area (Å²) in [6, 6.07) is 3.41. The molecule has 3 rings (SSSR count). The number of nitro groups is 1. The van der Waals surface area contributed by atoms with Crippen LogP contribution in [0.1, 0.15) is 16.7 Å². The fraction of sp³-hybridized carbons (Fsp3) is 0.429. The molecule has 0 atom stereocenters. The van der Waals surface area contributed by atoms with Gasteiger partial charge >= 0.3 is 0 Å². The lowest BCUT2D eigenvalue weighted by atomic mass is 9.90. The maximum Gasteiger partial charge on any atom is 0.270 e. The summed E-state index contributed by atoms with van der Waals surface area (Å²) in [5.74, 6) is 0. The van der Waals surface area contributed by atoms with Gasteiger partial charge in [-0.05, 0) is 35.7 Å². The van der Waals surface area contributed by atoms with Gasteiger partial charge in [0.1, 0.15) is 0 Å². The molecule has 0 saturated heterocycles. The van der Waals surface area contributed by atoms with Gasteiger partial charge in [0.05, 0.1) is 18.1 Å². The molecule has 2 heterocycles. The van der Waals surface area contributed by atoms with Gasteiger partial charge in [-0.3, -0.25) is 10.1 Å². The second-order valence-electron chi connectivity index (χ2n) is 5.12. The lowest BCUT2D eigenvalue weighted by Gasteiger charge is -2.27. The zero-order valence-electron chi connectivity index (χ0n) is 10.9. The highest BCUT2D eigenvalue weighted by Gasteiger charge is 2.23. The van der Waals surface area contributed by atoms with Crippen LogP contribution in [0, 0.1) is 10.1 Å². The molecule has 0 fully saturated rings. The monoisotopic (exact) mass is 260 g/mol. The molecule has 0 aliphatic carbocycles. The first kappa shape index (κ1) is 12.3. The number of hydrogen-bond donors (Lipinski definition) is 0. The largest absolute Gasteiger partial charge is 0.373 e. The molecule has 100 valence electrons. The first-order valence-electron chi connectivity index (χ1n) is 6.41. The fourth-order valence-electron chi connectivity index (χ4n) is 2.79. The number of benzene rings is 1. The van der Waals surface area contributed by atoms with Gasteiger partial charge in [0.15, 0.2) is 0 Å². The average Bonchev–Trinajstić information content (AvgIpc) is 2.90. The van der Waals surface area contributed by atoms with Crippen molar-refractivity contribution >= 4 is 11.3 Å². The van der Waals surface area contributed by atoms with Gasteiger partial charge in [-0.25, -0.2) is 0 Å². The van der Waals surface area contributed by atoms with Crippen molar-refractivity contribution in [2.24, 2.45) is 0 Å². The zero-order chi connectivity index (χ0) is 13.4. The molecule has 2 aliphatic heterocycles. The van der Waals surface area contributed by atoms with E-state index in [1.54, 1.807) is 12.1 Å². The molecule has 5 heteroatoms. The van der Waals surface area contributed by atoms with Gasteiger partial charge < -0.3 is 9.64 Å². The Morgan fingerprint density at radius 1 is 1.42 bits per heavy atom. The van der Waals surface area contributed by atoms with Gasteiger partial charge in [-0.2, -0.15) is 0 Å². The number of likely N-dealkylation sites (N-methyl/N-ethyl adjacent to an activating group) is 1. The van der Waals surface area contributed by atoms with Crippen LogP contribution in [0.15, 0.2) is 18.2 Å². The highest BCUT2D eigenvalue weighted by Crippen LogP contribution is 2.32. The molecule has 2 aliphatic rings. The minimum Gasteiger partial charge on any atom is -0.373 e. The SMILES string of the molecule is CN1CCc2c(cc([N+](=O)[O-])cc2C2=CCOC2)C1. The topological polar surface area (TPSA) is 55.6 Å². The second kappa shape index (κ2) is 4.75. The fourth-order valence-corrected chi connectivity index (χ4v) is 2.79. The minimum atomic E-state index is -0.311. The number of hydrogen-bond acceptors (Lipinski definition) is 4. The maximum atomic E-state index is 11.1. The number of nitro benzene ring substituents is 1. The van der Waals surface area contributed by atoms with Crippen molar-refractivity contribution in [1.29, 1.82) is 0 Å². The van der Waals surface area contributed by atoms with Crippen molar-refractivity contribution in [2.75, 3.05) is 26.8 Å². The molecule has 0 amide bonds. The zero-order valence-corrected chi connectivity index (χ0v) is 10.9. The van der Waals surface area contributed by atoms with E-state index in [4.69, 9.17) is 4.74 Å². The molecule has 0 radical (unpaired) electrons. The van der Waals surface area contributed by atoms with E-state index in [0.29, 0.717) is 13.2 Å². The van der Waals surface area contributed by atoms with Crippen molar-refractivity contribution in [3.63, 3.8) is 0 Å².